The summed E-state index contributed by atoms with van der Waals surface area (Å²) in [5, 5.41) is 9.83. The fraction of sp³-hybridized carbons (Fsp3) is 0.222. The van der Waals surface area contributed by atoms with Gasteiger partial charge in [0.2, 0.25) is 0 Å². The van der Waals surface area contributed by atoms with Crippen molar-refractivity contribution in [2.45, 2.75) is 25.7 Å². The summed E-state index contributed by atoms with van der Waals surface area (Å²) in [6.07, 6.45) is 7.18. The average molecular weight is 319 g/mol. The summed E-state index contributed by atoms with van der Waals surface area (Å²) in [7, 11) is 0. The molecule has 0 saturated carbocycles. The molecule has 1 amide bonds. The van der Waals surface area contributed by atoms with Crippen molar-refractivity contribution in [2.24, 2.45) is 0 Å². The molecule has 1 aliphatic rings. The van der Waals surface area contributed by atoms with Crippen molar-refractivity contribution in [3.8, 4) is 11.3 Å². The number of amides is 1. The van der Waals surface area contributed by atoms with Gasteiger partial charge in [-0.05, 0) is 43.9 Å². The molecule has 0 atom stereocenters. The van der Waals surface area contributed by atoms with E-state index in [2.05, 4.69) is 25.5 Å². The molecule has 2 aromatic heterocycles. The third-order valence-corrected chi connectivity index (χ3v) is 4.27. The monoisotopic (exact) mass is 319 g/mol. The molecular weight excluding hydrogens is 302 g/mol. The van der Waals surface area contributed by atoms with Crippen molar-refractivity contribution in [2.75, 3.05) is 5.32 Å². The molecule has 1 aromatic carbocycles. The van der Waals surface area contributed by atoms with Gasteiger partial charge in [0.15, 0.2) is 0 Å². The van der Waals surface area contributed by atoms with Gasteiger partial charge >= 0.3 is 0 Å². The first-order valence-corrected chi connectivity index (χ1v) is 8.05. The maximum atomic E-state index is 12.7. The van der Waals surface area contributed by atoms with E-state index in [0.29, 0.717) is 5.69 Å². The Morgan fingerprint density at radius 3 is 2.92 bits per heavy atom. The van der Waals surface area contributed by atoms with Gasteiger partial charge in [-0.15, -0.1) is 0 Å². The van der Waals surface area contributed by atoms with E-state index < -0.39 is 0 Å². The van der Waals surface area contributed by atoms with Gasteiger partial charge in [-0.3, -0.25) is 9.89 Å². The van der Waals surface area contributed by atoms with Crippen molar-refractivity contribution in [3.63, 3.8) is 0 Å². The molecule has 3 aromatic rings. The van der Waals surface area contributed by atoms with E-state index in [4.69, 9.17) is 0 Å². The zero-order valence-electron chi connectivity index (χ0n) is 13.1. The van der Waals surface area contributed by atoms with Crippen LogP contribution < -0.4 is 5.32 Å². The quantitative estimate of drug-likeness (QED) is 0.777. The summed E-state index contributed by atoms with van der Waals surface area (Å²) in [6.45, 7) is 0. The van der Waals surface area contributed by atoms with Gasteiger partial charge in [0.05, 0.1) is 5.69 Å². The van der Waals surface area contributed by atoms with E-state index in [1.54, 1.807) is 6.20 Å². The number of aryl methyl sites for hydroxylation is 1. The molecule has 6 nitrogen and oxygen atoms in total. The predicted octanol–water partition coefficient (Wildman–Crippen LogP) is 3.00. The Morgan fingerprint density at radius 1 is 1.12 bits per heavy atom. The number of hydrogen-bond acceptors (Lipinski definition) is 4. The van der Waals surface area contributed by atoms with Crippen molar-refractivity contribution in [1.29, 1.82) is 0 Å². The van der Waals surface area contributed by atoms with E-state index in [1.165, 1.54) is 6.33 Å². The van der Waals surface area contributed by atoms with Crippen molar-refractivity contribution in [3.05, 3.63) is 59.8 Å². The van der Waals surface area contributed by atoms with E-state index in [0.717, 1.165) is 53.9 Å². The highest BCUT2D eigenvalue weighted by Gasteiger charge is 2.20. The number of fused-ring (bicyclic) bond motifs is 1. The number of nitrogens with one attached hydrogen (secondary N) is 2. The SMILES string of the molecule is O=C(Nc1cccc(-c2ccn[nH]2)c1)c1ncnc2c1CCCC2. The number of anilines is 1. The second kappa shape index (κ2) is 6.23. The number of benzene rings is 1. The molecule has 0 aliphatic heterocycles. The van der Waals surface area contributed by atoms with Crippen LogP contribution in [0.2, 0.25) is 0 Å². The number of carbonyl (C=O) groups is 1. The van der Waals surface area contributed by atoms with E-state index >= 15 is 0 Å². The van der Waals surface area contributed by atoms with Crippen molar-refractivity contribution >= 4 is 11.6 Å². The van der Waals surface area contributed by atoms with Crippen LogP contribution in [0.4, 0.5) is 5.69 Å². The Morgan fingerprint density at radius 2 is 2.04 bits per heavy atom. The summed E-state index contributed by atoms with van der Waals surface area (Å²) < 4.78 is 0. The first-order chi connectivity index (χ1) is 11.8. The summed E-state index contributed by atoms with van der Waals surface area (Å²) in [5.41, 5.74) is 5.10. The summed E-state index contributed by atoms with van der Waals surface area (Å²) in [4.78, 5) is 21.2. The third kappa shape index (κ3) is 2.78. The lowest BCUT2D eigenvalue weighted by atomic mass is 9.94. The van der Waals surface area contributed by atoms with Gasteiger partial charge in [-0.25, -0.2) is 9.97 Å². The Kier molecular flexibility index (Phi) is 3.78. The standard InChI is InChI=1S/C18H17N5O/c24-18(17-14-6-1-2-7-16(14)19-11-20-17)22-13-5-3-4-12(10-13)15-8-9-21-23-15/h3-5,8-11H,1-2,6-7H2,(H,21,23)(H,22,24). The Hall–Kier alpha value is -3.02. The Bertz CT molecular complexity index is 873. The largest absolute Gasteiger partial charge is 0.321 e. The predicted molar refractivity (Wildman–Crippen MR) is 90.7 cm³/mol. The molecule has 6 heteroatoms. The minimum absolute atomic E-state index is 0.183. The number of nitrogens with zero attached hydrogens (tertiary/aromatic N) is 3. The third-order valence-electron chi connectivity index (χ3n) is 4.27. The Balaban J connectivity index is 1.60. The van der Waals surface area contributed by atoms with Crippen LogP contribution in [0.1, 0.15) is 34.6 Å². The van der Waals surface area contributed by atoms with Crippen LogP contribution in [0, 0.1) is 0 Å². The zero-order chi connectivity index (χ0) is 16.4. The molecule has 1 aliphatic carbocycles. The topological polar surface area (TPSA) is 83.6 Å². The number of carbonyl (C=O) groups excluding carboxylic acids is 1. The van der Waals surface area contributed by atoms with Gasteiger partial charge in [0, 0.05) is 28.7 Å². The van der Waals surface area contributed by atoms with Crippen LogP contribution in [0.25, 0.3) is 11.3 Å². The molecule has 0 saturated heterocycles. The second-order valence-corrected chi connectivity index (χ2v) is 5.86. The lowest BCUT2D eigenvalue weighted by Crippen LogP contribution is -2.20. The van der Waals surface area contributed by atoms with E-state index in [1.807, 2.05) is 30.3 Å². The number of H-pyrrole nitrogens is 1. The van der Waals surface area contributed by atoms with E-state index in [-0.39, 0.29) is 5.91 Å². The lowest BCUT2D eigenvalue weighted by Gasteiger charge is -2.17. The molecule has 0 unspecified atom stereocenters. The van der Waals surface area contributed by atoms with Gasteiger partial charge < -0.3 is 5.32 Å². The zero-order valence-corrected chi connectivity index (χ0v) is 13.1. The van der Waals surface area contributed by atoms with Gasteiger partial charge in [-0.2, -0.15) is 5.10 Å². The van der Waals surface area contributed by atoms with Crippen LogP contribution in [0.5, 0.6) is 0 Å². The number of aromatic amines is 1. The fourth-order valence-electron chi connectivity index (χ4n) is 3.09. The normalized spacial score (nSPS) is 13.3. The van der Waals surface area contributed by atoms with Crippen LogP contribution >= 0.6 is 0 Å². The number of aromatic nitrogens is 4. The first-order valence-electron chi connectivity index (χ1n) is 8.05. The molecular formula is C18H17N5O. The molecule has 0 radical (unpaired) electrons. The van der Waals surface area contributed by atoms with Crippen molar-refractivity contribution in [1.82, 2.24) is 20.2 Å². The maximum absolute atomic E-state index is 12.7. The molecule has 2 heterocycles. The fourth-order valence-corrected chi connectivity index (χ4v) is 3.09. The van der Waals surface area contributed by atoms with E-state index in [9.17, 15) is 4.79 Å². The van der Waals surface area contributed by atoms with Gasteiger partial charge in [0.1, 0.15) is 12.0 Å². The smallest absolute Gasteiger partial charge is 0.274 e. The highest BCUT2D eigenvalue weighted by Crippen LogP contribution is 2.23. The minimum Gasteiger partial charge on any atom is -0.321 e. The summed E-state index contributed by atoms with van der Waals surface area (Å²) in [6, 6.07) is 9.54. The van der Waals surface area contributed by atoms with Gasteiger partial charge in [-0.1, -0.05) is 12.1 Å². The molecule has 0 spiro atoms. The maximum Gasteiger partial charge on any atom is 0.274 e. The molecule has 0 fully saturated rings. The lowest BCUT2D eigenvalue weighted by molar-refractivity contribution is 0.102. The summed E-state index contributed by atoms with van der Waals surface area (Å²) in [5.74, 6) is -0.183. The molecule has 120 valence electrons. The molecule has 4 rings (SSSR count). The highest BCUT2D eigenvalue weighted by molar-refractivity contribution is 6.04. The second-order valence-electron chi connectivity index (χ2n) is 5.86. The first kappa shape index (κ1) is 14.6. The molecule has 0 bridgehead atoms. The minimum atomic E-state index is -0.183. The highest BCUT2D eigenvalue weighted by atomic mass is 16.1. The number of rotatable bonds is 3. The van der Waals surface area contributed by atoms with Crippen LogP contribution in [0.15, 0.2) is 42.9 Å². The van der Waals surface area contributed by atoms with Crippen LogP contribution in [-0.2, 0) is 12.8 Å². The van der Waals surface area contributed by atoms with Gasteiger partial charge in [0.25, 0.3) is 5.91 Å². The van der Waals surface area contributed by atoms with Crippen LogP contribution in [-0.4, -0.2) is 26.1 Å². The van der Waals surface area contributed by atoms with Crippen molar-refractivity contribution < 1.29 is 4.79 Å². The molecule has 2 N–H and O–H groups in total. The summed E-state index contributed by atoms with van der Waals surface area (Å²) >= 11 is 0. The van der Waals surface area contributed by atoms with Crippen LogP contribution in [0.3, 0.4) is 0 Å². The molecule has 24 heavy (non-hydrogen) atoms. The Labute approximate surface area is 139 Å². The number of hydrogen-bond donors (Lipinski definition) is 2. The average Bonchev–Trinajstić information content (AvgIpc) is 3.16.